The second kappa shape index (κ2) is 9.19. The van der Waals surface area contributed by atoms with E-state index in [9.17, 15) is 4.79 Å². The Morgan fingerprint density at radius 2 is 1.92 bits per heavy atom. The average molecular weight is 488 g/mol. The van der Waals surface area contributed by atoms with Crippen molar-refractivity contribution >= 4 is 23.1 Å². The molecule has 0 aliphatic carbocycles. The zero-order valence-electron chi connectivity index (χ0n) is 20.2. The topological polar surface area (TPSA) is 112 Å². The van der Waals surface area contributed by atoms with Gasteiger partial charge in [-0.2, -0.15) is 9.97 Å². The van der Waals surface area contributed by atoms with Gasteiger partial charge in [-0.3, -0.25) is 13.9 Å². The number of imidazole rings is 1. The molecule has 0 saturated carbocycles. The molecule has 6 rings (SSSR count). The van der Waals surface area contributed by atoms with Crippen LogP contribution < -0.4 is 31.0 Å². The van der Waals surface area contributed by atoms with Gasteiger partial charge in [0.1, 0.15) is 0 Å². The number of nitrogens with zero attached hydrogens (tertiary/aromatic N) is 5. The summed E-state index contributed by atoms with van der Waals surface area (Å²) in [6.07, 6.45) is 1.98. The van der Waals surface area contributed by atoms with Crippen molar-refractivity contribution < 1.29 is 9.47 Å². The molecule has 36 heavy (non-hydrogen) atoms. The van der Waals surface area contributed by atoms with Gasteiger partial charge in [0, 0.05) is 32.7 Å². The number of anilines is 2. The van der Waals surface area contributed by atoms with Gasteiger partial charge in [0.2, 0.25) is 18.7 Å². The molecule has 1 saturated heterocycles. The summed E-state index contributed by atoms with van der Waals surface area (Å²) in [5.41, 5.74) is 9.13. The summed E-state index contributed by atoms with van der Waals surface area (Å²) >= 11 is 0. The van der Waals surface area contributed by atoms with Crippen LogP contribution in [0.4, 0.5) is 11.9 Å². The van der Waals surface area contributed by atoms with Gasteiger partial charge < -0.3 is 25.4 Å². The Hall–Kier alpha value is -4.05. The molecule has 10 heteroatoms. The molecule has 0 bridgehead atoms. The Kier molecular flexibility index (Phi) is 5.73. The lowest BCUT2D eigenvalue weighted by atomic mass is 10.1. The van der Waals surface area contributed by atoms with Gasteiger partial charge in [-0.05, 0) is 36.1 Å². The van der Waals surface area contributed by atoms with Crippen LogP contribution in [0.25, 0.3) is 11.2 Å². The number of nitrogens with one attached hydrogen (secondary N) is 1. The van der Waals surface area contributed by atoms with Crippen LogP contribution in [-0.4, -0.2) is 45.0 Å². The minimum absolute atomic E-state index is 0.0819. The number of rotatable bonds is 6. The Labute approximate surface area is 208 Å². The third kappa shape index (κ3) is 4.13. The molecular formula is C26H29N7O3. The highest BCUT2D eigenvalue weighted by Crippen LogP contribution is 2.32. The van der Waals surface area contributed by atoms with Gasteiger partial charge in [-0.1, -0.05) is 36.4 Å². The van der Waals surface area contributed by atoms with Crippen LogP contribution >= 0.6 is 0 Å². The summed E-state index contributed by atoms with van der Waals surface area (Å²) in [6.45, 7) is 2.78. The fourth-order valence-corrected chi connectivity index (χ4v) is 4.89. The van der Waals surface area contributed by atoms with E-state index >= 15 is 0 Å². The van der Waals surface area contributed by atoms with E-state index in [2.05, 4.69) is 22.3 Å². The van der Waals surface area contributed by atoms with Crippen molar-refractivity contribution in [3.05, 3.63) is 70.0 Å². The Morgan fingerprint density at radius 1 is 1.08 bits per heavy atom. The lowest BCUT2D eigenvalue weighted by Crippen LogP contribution is -2.44. The molecule has 2 aromatic heterocycles. The Bertz CT molecular complexity index is 1460. The van der Waals surface area contributed by atoms with Crippen LogP contribution in [0.3, 0.4) is 0 Å². The lowest BCUT2D eigenvalue weighted by molar-refractivity contribution is 0.174. The van der Waals surface area contributed by atoms with E-state index in [4.69, 9.17) is 25.2 Å². The Morgan fingerprint density at radius 3 is 2.75 bits per heavy atom. The van der Waals surface area contributed by atoms with Crippen LogP contribution in [-0.2, 0) is 20.1 Å². The molecule has 0 radical (unpaired) electrons. The van der Waals surface area contributed by atoms with E-state index in [-0.39, 0.29) is 18.4 Å². The molecule has 0 amide bonds. The normalized spacial score (nSPS) is 17.1. The van der Waals surface area contributed by atoms with Crippen LogP contribution in [0.2, 0.25) is 0 Å². The number of hydrogen-bond donors (Lipinski definition) is 2. The van der Waals surface area contributed by atoms with Gasteiger partial charge in [0.15, 0.2) is 22.7 Å². The predicted molar refractivity (Wildman–Crippen MR) is 138 cm³/mol. The highest BCUT2D eigenvalue weighted by Gasteiger charge is 2.25. The van der Waals surface area contributed by atoms with Crippen molar-refractivity contribution in [2.45, 2.75) is 32.0 Å². The summed E-state index contributed by atoms with van der Waals surface area (Å²) in [6, 6.07) is 15.9. The zero-order chi connectivity index (χ0) is 24.6. The van der Waals surface area contributed by atoms with Crippen LogP contribution in [0.15, 0.2) is 53.3 Å². The van der Waals surface area contributed by atoms with Crippen LogP contribution in [0.5, 0.6) is 11.5 Å². The molecule has 3 N–H and O–H groups in total. The second-order valence-electron chi connectivity index (χ2n) is 9.34. The minimum Gasteiger partial charge on any atom is -0.454 e. The van der Waals surface area contributed by atoms with Crippen molar-refractivity contribution in [3.63, 3.8) is 0 Å². The van der Waals surface area contributed by atoms with Crippen molar-refractivity contribution in [2.75, 3.05) is 30.1 Å². The summed E-state index contributed by atoms with van der Waals surface area (Å²) in [5, 5.41) is 3.29. The standard InChI is InChI=1S/C26H29N7O3/c1-31-24(34)22-23(29-25(31)28-13-18-9-10-20-21(12-18)36-16-35-20)30-26(32-11-5-8-19(27)15-32)33(22)14-17-6-3-2-4-7-17/h2-4,6-7,9-10,12,19H,5,8,11,13-16,27H2,1H3,(H,28,29). The number of hydrogen-bond acceptors (Lipinski definition) is 8. The van der Waals surface area contributed by atoms with Crippen molar-refractivity contribution in [3.8, 4) is 11.5 Å². The maximum atomic E-state index is 13.6. The number of ether oxygens (including phenoxy) is 2. The van der Waals surface area contributed by atoms with Crippen molar-refractivity contribution in [1.29, 1.82) is 0 Å². The highest BCUT2D eigenvalue weighted by atomic mass is 16.7. The first kappa shape index (κ1) is 22.4. The fourth-order valence-electron chi connectivity index (χ4n) is 4.89. The van der Waals surface area contributed by atoms with Crippen molar-refractivity contribution in [2.24, 2.45) is 12.8 Å². The van der Waals surface area contributed by atoms with E-state index < -0.39 is 0 Å². The monoisotopic (exact) mass is 487 g/mol. The molecule has 1 atom stereocenters. The summed E-state index contributed by atoms with van der Waals surface area (Å²) in [7, 11) is 1.73. The maximum absolute atomic E-state index is 13.6. The molecule has 186 valence electrons. The molecule has 2 aliphatic rings. The first-order valence-electron chi connectivity index (χ1n) is 12.2. The smallest absolute Gasteiger partial charge is 0.281 e. The summed E-state index contributed by atoms with van der Waals surface area (Å²) in [5.74, 6) is 2.65. The quantitative estimate of drug-likeness (QED) is 0.427. The molecule has 2 aromatic carbocycles. The molecule has 4 heterocycles. The maximum Gasteiger partial charge on any atom is 0.281 e. The lowest BCUT2D eigenvalue weighted by Gasteiger charge is -2.31. The molecule has 1 unspecified atom stereocenters. The third-order valence-electron chi connectivity index (χ3n) is 6.78. The highest BCUT2D eigenvalue weighted by molar-refractivity contribution is 5.76. The van der Waals surface area contributed by atoms with Gasteiger partial charge in [0.25, 0.3) is 5.56 Å². The van der Waals surface area contributed by atoms with E-state index in [1.807, 2.05) is 41.0 Å². The number of piperidine rings is 1. The van der Waals surface area contributed by atoms with Crippen molar-refractivity contribution in [1.82, 2.24) is 19.1 Å². The van der Waals surface area contributed by atoms with E-state index in [1.165, 1.54) is 0 Å². The fraction of sp³-hybridized carbons (Fsp3) is 0.346. The number of aromatic nitrogens is 4. The Balaban J connectivity index is 1.38. The molecular weight excluding hydrogens is 458 g/mol. The molecule has 0 spiro atoms. The first-order valence-corrected chi connectivity index (χ1v) is 12.2. The SMILES string of the molecule is Cn1c(NCc2ccc3c(c2)OCO3)nc2nc(N3CCCC(N)C3)n(Cc3ccccc3)c2c1=O. The van der Waals surface area contributed by atoms with Gasteiger partial charge in [0.05, 0.1) is 6.54 Å². The van der Waals surface area contributed by atoms with E-state index in [0.717, 1.165) is 48.0 Å². The zero-order valence-corrected chi connectivity index (χ0v) is 20.2. The van der Waals surface area contributed by atoms with Gasteiger partial charge >= 0.3 is 0 Å². The predicted octanol–water partition coefficient (Wildman–Crippen LogP) is 2.45. The molecule has 2 aliphatic heterocycles. The van der Waals surface area contributed by atoms with Gasteiger partial charge in [-0.15, -0.1) is 0 Å². The largest absolute Gasteiger partial charge is 0.454 e. The number of fused-ring (bicyclic) bond motifs is 2. The van der Waals surface area contributed by atoms with E-state index in [0.29, 0.717) is 36.7 Å². The molecule has 1 fully saturated rings. The van der Waals surface area contributed by atoms with Gasteiger partial charge in [-0.25, -0.2) is 0 Å². The first-order chi connectivity index (χ1) is 17.6. The third-order valence-corrected chi connectivity index (χ3v) is 6.78. The molecule has 10 nitrogen and oxygen atoms in total. The summed E-state index contributed by atoms with van der Waals surface area (Å²) in [4.78, 5) is 25.4. The molecule has 4 aromatic rings. The number of nitrogens with two attached hydrogens (primary N) is 1. The van der Waals surface area contributed by atoms with E-state index in [1.54, 1.807) is 11.6 Å². The average Bonchev–Trinajstić information content (AvgIpc) is 3.50. The summed E-state index contributed by atoms with van der Waals surface area (Å²) < 4.78 is 14.4. The minimum atomic E-state index is -0.149. The number of benzene rings is 2. The van der Waals surface area contributed by atoms with Crippen LogP contribution in [0.1, 0.15) is 24.0 Å². The second-order valence-corrected chi connectivity index (χ2v) is 9.34. The van der Waals surface area contributed by atoms with Crippen LogP contribution in [0, 0.1) is 0 Å².